The van der Waals surface area contributed by atoms with Gasteiger partial charge in [-0.1, -0.05) is 0 Å². The molecule has 2 N–H and O–H groups in total. The van der Waals surface area contributed by atoms with Crippen LogP contribution in [0.25, 0.3) is 0 Å². The lowest BCUT2D eigenvalue weighted by atomic mass is 9.91. The molecule has 0 radical (unpaired) electrons. The minimum absolute atomic E-state index is 0.190. The summed E-state index contributed by atoms with van der Waals surface area (Å²) in [5, 5.41) is 10.2. The Morgan fingerprint density at radius 2 is 2.29 bits per heavy atom. The average Bonchev–Trinajstić information content (AvgIpc) is 2.94. The zero-order chi connectivity index (χ0) is 17.1. The summed E-state index contributed by atoms with van der Waals surface area (Å²) in [6.45, 7) is 5.54. The number of nitrogens with zero attached hydrogens (tertiary/aromatic N) is 3. The van der Waals surface area contributed by atoms with Crippen LogP contribution >= 0.6 is 0 Å². The number of carbonyl (C=O) groups is 1. The Bertz CT molecular complexity index is 704. The molecule has 1 aliphatic rings. The molecule has 0 saturated carbocycles. The quantitative estimate of drug-likeness (QED) is 0.904. The van der Waals surface area contributed by atoms with Crippen LogP contribution in [0.2, 0.25) is 0 Å². The lowest BCUT2D eigenvalue weighted by molar-refractivity contribution is -0.131. The summed E-state index contributed by atoms with van der Waals surface area (Å²) in [5.74, 6) is 1.44. The summed E-state index contributed by atoms with van der Waals surface area (Å²) in [6, 6.07) is 4.15. The summed E-state index contributed by atoms with van der Waals surface area (Å²) in [5.41, 5.74) is 4.19. The summed E-state index contributed by atoms with van der Waals surface area (Å²) in [7, 11) is 1.87. The standard InChI is InChI=1S/C18H25N5O/c1-12-16(13(2)22-21-12)10-18(24)23-8-4-5-15(11-23)14-6-7-20-17(9-14)19-3/h6-7,9,15H,4-5,8,10-11H2,1-3H3,(H,19,20)(H,21,22)/t15-/m0/s1. The molecule has 1 atom stereocenters. The molecule has 0 aliphatic carbocycles. The van der Waals surface area contributed by atoms with Crippen LogP contribution in [0.5, 0.6) is 0 Å². The molecule has 24 heavy (non-hydrogen) atoms. The predicted molar refractivity (Wildman–Crippen MR) is 94.1 cm³/mol. The number of likely N-dealkylation sites (tertiary alicyclic amines) is 1. The van der Waals surface area contributed by atoms with E-state index in [0.717, 1.165) is 48.7 Å². The Morgan fingerprint density at radius 1 is 1.46 bits per heavy atom. The molecule has 1 fully saturated rings. The van der Waals surface area contributed by atoms with Gasteiger partial charge in [0.2, 0.25) is 5.91 Å². The fourth-order valence-corrected chi connectivity index (χ4v) is 3.41. The monoisotopic (exact) mass is 327 g/mol. The number of piperidine rings is 1. The highest BCUT2D eigenvalue weighted by atomic mass is 16.2. The Kier molecular flexibility index (Phi) is 4.83. The van der Waals surface area contributed by atoms with E-state index in [4.69, 9.17) is 0 Å². The van der Waals surface area contributed by atoms with Gasteiger partial charge in [0.25, 0.3) is 0 Å². The third-order valence-corrected chi connectivity index (χ3v) is 4.89. The van der Waals surface area contributed by atoms with Crippen molar-refractivity contribution in [3.05, 3.63) is 40.8 Å². The fourth-order valence-electron chi connectivity index (χ4n) is 3.41. The van der Waals surface area contributed by atoms with E-state index in [1.165, 1.54) is 5.56 Å². The third-order valence-electron chi connectivity index (χ3n) is 4.89. The molecular weight excluding hydrogens is 302 g/mol. The predicted octanol–water partition coefficient (Wildman–Crippen LogP) is 2.41. The highest BCUT2D eigenvalue weighted by molar-refractivity contribution is 5.79. The zero-order valence-electron chi connectivity index (χ0n) is 14.6. The van der Waals surface area contributed by atoms with E-state index < -0.39 is 0 Å². The summed E-state index contributed by atoms with van der Waals surface area (Å²) >= 11 is 0. The van der Waals surface area contributed by atoms with Crippen molar-refractivity contribution < 1.29 is 4.79 Å². The van der Waals surface area contributed by atoms with Crippen molar-refractivity contribution in [3.63, 3.8) is 0 Å². The van der Waals surface area contributed by atoms with E-state index in [0.29, 0.717) is 12.3 Å². The summed E-state index contributed by atoms with van der Waals surface area (Å²) in [6.07, 6.45) is 4.41. The molecule has 2 aromatic rings. The Morgan fingerprint density at radius 3 is 3.00 bits per heavy atom. The van der Waals surface area contributed by atoms with Crippen LogP contribution in [0.1, 0.15) is 41.3 Å². The highest BCUT2D eigenvalue weighted by Crippen LogP contribution is 2.28. The van der Waals surface area contributed by atoms with Crippen molar-refractivity contribution in [1.29, 1.82) is 0 Å². The van der Waals surface area contributed by atoms with Crippen LogP contribution < -0.4 is 5.32 Å². The fraction of sp³-hybridized carbons (Fsp3) is 0.500. The minimum atomic E-state index is 0.190. The van der Waals surface area contributed by atoms with E-state index in [-0.39, 0.29) is 5.91 Å². The number of H-pyrrole nitrogens is 1. The van der Waals surface area contributed by atoms with E-state index in [1.54, 1.807) is 0 Å². The number of nitrogens with one attached hydrogen (secondary N) is 2. The lowest BCUT2D eigenvalue weighted by Crippen LogP contribution is -2.40. The van der Waals surface area contributed by atoms with E-state index in [1.807, 2.05) is 32.0 Å². The average molecular weight is 327 g/mol. The molecule has 3 rings (SSSR count). The molecule has 2 aromatic heterocycles. The van der Waals surface area contributed by atoms with Crippen molar-refractivity contribution in [2.24, 2.45) is 0 Å². The zero-order valence-corrected chi connectivity index (χ0v) is 14.6. The van der Waals surface area contributed by atoms with Crippen LogP contribution in [0.4, 0.5) is 5.82 Å². The molecule has 6 heteroatoms. The second-order valence-corrected chi connectivity index (χ2v) is 6.49. The van der Waals surface area contributed by atoms with Crippen molar-refractivity contribution in [3.8, 4) is 0 Å². The Hall–Kier alpha value is -2.37. The number of hydrogen-bond acceptors (Lipinski definition) is 4. The lowest BCUT2D eigenvalue weighted by Gasteiger charge is -2.33. The SMILES string of the molecule is CNc1cc([C@H]2CCCN(C(=O)Cc3c(C)n[nH]c3C)C2)ccn1. The van der Waals surface area contributed by atoms with Gasteiger partial charge < -0.3 is 10.2 Å². The number of pyridine rings is 1. The van der Waals surface area contributed by atoms with Crippen LogP contribution in [0.3, 0.4) is 0 Å². The number of aromatic nitrogens is 3. The van der Waals surface area contributed by atoms with Crippen LogP contribution in [-0.2, 0) is 11.2 Å². The molecule has 128 valence electrons. The molecular formula is C18H25N5O. The molecule has 1 amide bonds. The third kappa shape index (κ3) is 3.42. The maximum absolute atomic E-state index is 12.7. The van der Waals surface area contributed by atoms with Crippen molar-refractivity contribution in [1.82, 2.24) is 20.1 Å². The van der Waals surface area contributed by atoms with Gasteiger partial charge in [0.1, 0.15) is 5.82 Å². The van der Waals surface area contributed by atoms with Gasteiger partial charge in [0, 0.05) is 43.5 Å². The maximum Gasteiger partial charge on any atom is 0.227 e. The van der Waals surface area contributed by atoms with Crippen molar-refractivity contribution in [2.45, 2.75) is 39.0 Å². The first-order valence-corrected chi connectivity index (χ1v) is 8.50. The van der Waals surface area contributed by atoms with Gasteiger partial charge in [0.05, 0.1) is 12.1 Å². The number of amides is 1. The van der Waals surface area contributed by atoms with E-state index in [9.17, 15) is 4.79 Å². The van der Waals surface area contributed by atoms with Crippen molar-refractivity contribution >= 4 is 11.7 Å². The van der Waals surface area contributed by atoms with E-state index >= 15 is 0 Å². The number of carbonyl (C=O) groups excluding carboxylic acids is 1. The van der Waals surface area contributed by atoms with Gasteiger partial charge in [-0.3, -0.25) is 9.89 Å². The van der Waals surface area contributed by atoms with Gasteiger partial charge in [-0.25, -0.2) is 4.98 Å². The molecule has 6 nitrogen and oxygen atoms in total. The highest BCUT2D eigenvalue weighted by Gasteiger charge is 2.26. The molecule has 3 heterocycles. The molecule has 0 aromatic carbocycles. The normalized spacial score (nSPS) is 17.8. The maximum atomic E-state index is 12.7. The molecule has 0 bridgehead atoms. The largest absolute Gasteiger partial charge is 0.373 e. The van der Waals surface area contributed by atoms with Gasteiger partial charge in [-0.2, -0.15) is 5.10 Å². The minimum Gasteiger partial charge on any atom is -0.373 e. The van der Waals surface area contributed by atoms with Crippen LogP contribution in [-0.4, -0.2) is 46.1 Å². The first-order chi connectivity index (χ1) is 11.6. The van der Waals surface area contributed by atoms with Gasteiger partial charge in [0.15, 0.2) is 0 Å². The molecule has 1 aliphatic heterocycles. The molecule has 0 unspecified atom stereocenters. The Balaban J connectivity index is 1.69. The first-order valence-electron chi connectivity index (χ1n) is 8.50. The summed E-state index contributed by atoms with van der Waals surface area (Å²) in [4.78, 5) is 19.0. The summed E-state index contributed by atoms with van der Waals surface area (Å²) < 4.78 is 0. The van der Waals surface area contributed by atoms with Crippen LogP contribution in [0, 0.1) is 13.8 Å². The number of anilines is 1. The van der Waals surface area contributed by atoms with Crippen LogP contribution in [0.15, 0.2) is 18.3 Å². The topological polar surface area (TPSA) is 73.9 Å². The smallest absolute Gasteiger partial charge is 0.227 e. The van der Waals surface area contributed by atoms with Gasteiger partial charge >= 0.3 is 0 Å². The van der Waals surface area contributed by atoms with Gasteiger partial charge in [-0.05, 0) is 44.4 Å². The number of aryl methyl sites for hydroxylation is 2. The van der Waals surface area contributed by atoms with Crippen molar-refractivity contribution in [2.75, 3.05) is 25.5 Å². The van der Waals surface area contributed by atoms with Gasteiger partial charge in [-0.15, -0.1) is 0 Å². The Labute approximate surface area is 142 Å². The van der Waals surface area contributed by atoms with E-state index in [2.05, 4.69) is 32.6 Å². The molecule has 1 saturated heterocycles. The second-order valence-electron chi connectivity index (χ2n) is 6.49. The second kappa shape index (κ2) is 7.03. The number of aromatic amines is 1. The number of rotatable bonds is 4. The number of hydrogen-bond donors (Lipinski definition) is 2. The molecule has 0 spiro atoms. The first kappa shape index (κ1) is 16.5.